The Balaban J connectivity index is 1.70. The van der Waals surface area contributed by atoms with E-state index in [0.29, 0.717) is 34.9 Å². The number of amides is 3. The van der Waals surface area contributed by atoms with Crippen LogP contribution >= 0.6 is 11.6 Å². The van der Waals surface area contributed by atoms with E-state index in [1.165, 1.54) is 0 Å². The Bertz CT molecular complexity index is 915. The van der Waals surface area contributed by atoms with Crippen LogP contribution in [0.15, 0.2) is 48.5 Å². The molecule has 0 unspecified atom stereocenters. The molecule has 0 aromatic heterocycles. The largest absolute Gasteiger partial charge is 0.340 e. The Morgan fingerprint density at radius 3 is 2.41 bits per heavy atom. The lowest BCUT2D eigenvalue weighted by Gasteiger charge is -2.22. The highest BCUT2D eigenvalue weighted by molar-refractivity contribution is 6.34. The number of benzene rings is 2. The fraction of sp³-hybridized carbons (Fsp3) is 0.318. The van der Waals surface area contributed by atoms with Crippen molar-refractivity contribution < 1.29 is 14.4 Å². The van der Waals surface area contributed by atoms with Crippen LogP contribution in [-0.2, 0) is 9.59 Å². The molecule has 0 aliphatic carbocycles. The van der Waals surface area contributed by atoms with Crippen molar-refractivity contribution >= 4 is 40.7 Å². The highest BCUT2D eigenvalue weighted by Gasteiger charge is 2.26. The molecule has 0 radical (unpaired) electrons. The minimum atomic E-state index is -0.707. The van der Waals surface area contributed by atoms with Gasteiger partial charge in [-0.15, -0.1) is 0 Å². The highest BCUT2D eigenvalue weighted by Crippen LogP contribution is 2.31. The Morgan fingerprint density at radius 2 is 1.83 bits per heavy atom. The molecular weight excluding hydrogens is 390 g/mol. The van der Waals surface area contributed by atoms with E-state index in [9.17, 15) is 14.4 Å². The minimum absolute atomic E-state index is 0.0483. The molecule has 1 saturated heterocycles. The summed E-state index contributed by atoms with van der Waals surface area (Å²) in [6.07, 6.45) is 1.33. The van der Waals surface area contributed by atoms with E-state index in [1.54, 1.807) is 47.4 Å². The molecule has 2 N–H and O–H groups in total. The molecular formula is C22H24ClN3O3. The quantitative estimate of drug-likeness (QED) is 0.754. The van der Waals surface area contributed by atoms with E-state index in [0.717, 1.165) is 6.42 Å². The first-order chi connectivity index (χ1) is 13.9. The zero-order valence-electron chi connectivity index (χ0n) is 16.4. The number of nitrogens with one attached hydrogen (secondary N) is 2. The van der Waals surface area contributed by atoms with Crippen molar-refractivity contribution in [1.29, 1.82) is 0 Å². The van der Waals surface area contributed by atoms with Gasteiger partial charge in [-0.05, 0) is 42.7 Å². The van der Waals surface area contributed by atoms with Crippen LogP contribution in [0.1, 0.15) is 37.0 Å². The van der Waals surface area contributed by atoms with Crippen molar-refractivity contribution in [3.05, 3.63) is 59.1 Å². The number of carbonyl (C=O) groups is 3. The van der Waals surface area contributed by atoms with Crippen molar-refractivity contribution in [1.82, 2.24) is 5.32 Å². The Kier molecular flexibility index (Phi) is 6.54. The van der Waals surface area contributed by atoms with Crippen LogP contribution in [0.25, 0.3) is 0 Å². The van der Waals surface area contributed by atoms with E-state index < -0.39 is 6.04 Å². The van der Waals surface area contributed by atoms with Gasteiger partial charge in [-0.3, -0.25) is 14.4 Å². The first kappa shape index (κ1) is 20.9. The number of nitrogens with zero attached hydrogens (tertiary/aromatic N) is 1. The van der Waals surface area contributed by atoms with E-state index in [4.69, 9.17) is 11.6 Å². The Hall–Kier alpha value is -2.86. The van der Waals surface area contributed by atoms with Crippen LogP contribution in [0.3, 0.4) is 0 Å². The van der Waals surface area contributed by atoms with Crippen molar-refractivity contribution in [2.75, 3.05) is 16.8 Å². The van der Waals surface area contributed by atoms with Crippen LogP contribution in [0, 0.1) is 5.92 Å². The van der Waals surface area contributed by atoms with Gasteiger partial charge in [0.15, 0.2) is 0 Å². The molecule has 6 nitrogen and oxygen atoms in total. The summed E-state index contributed by atoms with van der Waals surface area (Å²) in [6, 6.07) is 13.1. The lowest BCUT2D eigenvalue weighted by Crippen LogP contribution is -2.47. The summed E-state index contributed by atoms with van der Waals surface area (Å²) in [7, 11) is 0. The maximum absolute atomic E-state index is 12.8. The molecule has 3 rings (SSSR count). The first-order valence-electron chi connectivity index (χ1n) is 9.63. The summed E-state index contributed by atoms with van der Waals surface area (Å²) in [5, 5.41) is 6.00. The molecule has 1 aliphatic heterocycles. The zero-order valence-corrected chi connectivity index (χ0v) is 17.2. The lowest BCUT2D eigenvalue weighted by atomic mass is 10.0. The fourth-order valence-corrected chi connectivity index (χ4v) is 3.56. The standard InChI is InChI=1S/C22H24ClN3O3/c1-14(2)20(25-21(28)15-7-4-3-5-8-15)22(29)24-16-10-11-18(17(23)13-16)26-12-6-9-19(26)27/h3-5,7-8,10-11,13-14,20H,6,9,12H2,1-2H3,(H,24,29)(H,25,28)/t20-/m0/s1. The summed E-state index contributed by atoms with van der Waals surface area (Å²) in [6.45, 7) is 4.38. The van der Waals surface area contributed by atoms with Crippen molar-refractivity contribution in [2.24, 2.45) is 5.92 Å². The maximum atomic E-state index is 12.8. The fourth-order valence-electron chi connectivity index (χ4n) is 3.28. The van der Waals surface area contributed by atoms with Gasteiger partial charge >= 0.3 is 0 Å². The van der Waals surface area contributed by atoms with Crippen LogP contribution in [0.5, 0.6) is 0 Å². The molecule has 1 fully saturated rings. The van der Waals surface area contributed by atoms with Crippen molar-refractivity contribution in [2.45, 2.75) is 32.7 Å². The van der Waals surface area contributed by atoms with Gasteiger partial charge in [0, 0.05) is 24.2 Å². The van der Waals surface area contributed by atoms with E-state index in [1.807, 2.05) is 19.9 Å². The van der Waals surface area contributed by atoms with Gasteiger partial charge < -0.3 is 15.5 Å². The number of carbonyl (C=O) groups excluding carboxylic acids is 3. The molecule has 152 valence electrons. The summed E-state index contributed by atoms with van der Waals surface area (Å²) < 4.78 is 0. The number of hydrogen-bond acceptors (Lipinski definition) is 3. The SMILES string of the molecule is CC(C)[C@H](NC(=O)c1ccccc1)C(=O)Nc1ccc(N2CCCC2=O)c(Cl)c1. The molecule has 0 saturated carbocycles. The first-order valence-corrected chi connectivity index (χ1v) is 10.0. The van der Waals surface area contributed by atoms with E-state index in [-0.39, 0.29) is 23.6 Å². The topological polar surface area (TPSA) is 78.5 Å². The molecule has 29 heavy (non-hydrogen) atoms. The summed E-state index contributed by atoms with van der Waals surface area (Å²) >= 11 is 6.35. The van der Waals surface area contributed by atoms with Gasteiger partial charge in [0.05, 0.1) is 10.7 Å². The molecule has 3 amide bonds. The van der Waals surface area contributed by atoms with Crippen LogP contribution in [0.2, 0.25) is 5.02 Å². The second-order valence-electron chi connectivity index (χ2n) is 7.37. The van der Waals surface area contributed by atoms with Gasteiger partial charge in [-0.2, -0.15) is 0 Å². The van der Waals surface area contributed by atoms with Crippen molar-refractivity contribution in [3.63, 3.8) is 0 Å². The lowest BCUT2D eigenvalue weighted by molar-refractivity contribution is -0.119. The molecule has 1 aliphatic rings. The second kappa shape index (κ2) is 9.09. The predicted octanol–water partition coefficient (Wildman–Crippen LogP) is 3.86. The molecule has 0 bridgehead atoms. The highest BCUT2D eigenvalue weighted by atomic mass is 35.5. The Labute approximate surface area is 175 Å². The normalized spacial score (nSPS) is 14.8. The average Bonchev–Trinajstić information content (AvgIpc) is 3.12. The number of hydrogen-bond donors (Lipinski definition) is 2. The van der Waals surface area contributed by atoms with Crippen molar-refractivity contribution in [3.8, 4) is 0 Å². The van der Waals surface area contributed by atoms with E-state index in [2.05, 4.69) is 10.6 Å². The molecule has 1 heterocycles. The van der Waals surface area contributed by atoms with Gasteiger partial charge in [-0.25, -0.2) is 0 Å². The van der Waals surface area contributed by atoms with Crippen LogP contribution in [0.4, 0.5) is 11.4 Å². The maximum Gasteiger partial charge on any atom is 0.251 e. The minimum Gasteiger partial charge on any atom is -0.340 e. The monoisotopic (exact) mass is 413 g/mol. The van der Waals surface area contributed by atoms with Gasteiger partial charge in [-0.1, -0.05) is 43.6 Å². The summed E-state index contributed by atoms with van der Waals surface area (Å²) in [5.74, 6) is -0.697. The number of rotatable bonds is 6. The summed E-state index contributed by atoms with van der Waals surface area (Å²) in [5.41, 5.74) is 1.65. The number of anilines is 2. The summed E-state index contributed by atoms with van der Waals surface area (Å²) in [4.78, 5) is 38.8. The van der Waals surface area contributed by atoms with E-state index >= 15 is 0 Å². The number of halogens is 1. The Morgan fingerprint density at radius 1 is 1.10 bits per heavy atom. The van der Waals surface area contributed by atoms with Crippen LogP contribution < -0.4 is 15.5 Å². The molecule has 1 atom stereocenters. The molecule has 0 spiro atoms. The third-order valence-electron chi connectivity index (χ3n) is 4.85. The predicted molar refractivity (Wildman–Crippen MR) is 114 cm³/mol. The molecule has 2 aromatic rings. The molecule has 2 aromatic carbocycles. The third-order valence-corrected chi connectivity index (χ3v) is 5.15. The van der Waals surface area contributed by atoms with Gasteiger partial charge in [0.2, 0.25) is 11.8 Å². The average molecular weight is 414 g/mol. The van der Waals surface area contributed by atoms with Gasteiger partial charge in [0.1, 0.15) is 6.04 Å². The zero-order chi connectivity index (χ0) is 21.0. The second-order valence-corrected chi connectivity index (χ2v) is 7.77. The smallest absolute Gasteiger partial charge is 0.251 e. The third kappa shape index (κ3) is 4.95. The van der Waals surface area contributed by atoms with Crippen LogP contribution in [-0.4, -0.2) is 30.3 Å². The molecule has 7 heteroatoms. The van der Waals surface area contributed by atoms with Gasteiger partial charge in [0.25, 0.3) is 5.91 Å².